The highest BCUT2D eigenvalue weighted by molar-refractivity contribution is 5.80. The van der Waals surface area contributed by atoms with E-state index in [0.29, 0.717) is 12.4 Å². The SMILES string of the molecule is Cc1cc(N2CCC(C(=O)N3CCC(F)(F)CC3)C2)nc(C)n1. The second-order valence-electron chi connectivity index (χ2n) is 6.53. The van der Waals surface area contributed by atoms with Crippen LogP contribution in [-0.2, 0) is 4.79 Å². The molecular weight excluding hydrogens is 302 g/mol. The van der Waals surface area contributed by atoms with Crippen molar-refractivity contribution in [1.29, 1.82) is 0 Å². The Balaban J connectivity index is 1.62. The summed E-state index contributed by atoms with van der Waals surface area (Å²) in [5, 5.41) is 0. The quantitative estimate of drug-likeness (QED) is 0.837. The molecule has 0 aliphatic carbocycles. The zero-order valence-corrected chi connectivity index (χ0v) is 13.6. The second-order valence-corrected chi connectivity index (χ2v) is 6.53. The van der Waals surface area contributed by atoms with Crippen LogP contribution >= 0.6 is 0 Å². The van der Waals surface area contributed by atoms with E-state index in [1.165, 1.54) is 0 Å². The van der Waals surface area contributed by atoms with Crippen LogP contribution in [0, 0.1) is 19.8 Å². The average Bonchev–Trinajstić information content (AvgIpc) is 2.95. The maximum absolute atomic E-state index is 13.2. The lowest BCUT2D eigenvalue weighted by atomic mass is 10.0. The summed E-state index contributed by atoms with van der Waals surface area (Å²) in [5.74, 6) is -1.18. The van der Waals surface area contributed by atoms with Gasteiger partial charge in [-0.15, -0.1) is 0 Å². The van der Waals surface area contributed by atoms with Gasteiger partial charge in [-0.25, -0.2) is 18.7 Å². The predicted octanol–water partition coefficient (Wildman–Crippen LogP) is 2.18. The van der Waals surface area contributed by atoms with Crippen LogP contribution in [0.3, 0.4) is 0 Å². The lowest BCUT2D eigenvalue weighted by molar-refractivity contribution is -0.140. The van der Waals surface area contributed by atoms with Gasteiger partial charge in [0.05, 0.1) is 5.92 Å². The van der Waals surface area contributed by atoms with Crippen molar-refractivity contribution < 1.29 is 13.6 Å². The number of hydrogen-bond acceptors (Lipinski definition) is 4. The molecule has 126 valence electrons. The predicted molar refractivity (Wildman–Crippen MR) is 82.6 cm³/mol. The van der Waals surface area contributed by atoms with E-state index < -0.39 is 5.92 Å². The van der Waals surface area contributed by atoms with E-state index in [1.807, 2.05) is 19.9 Å². The van der Waals surface area contributed by atoms with E-state index in [2.05, 4.69) is 14.9 Å². The number of hydrogen-bond donors (Lipinski definition) is 0. The summed E-state index contributed by atoms with van der Waals surface area (Å²) < 4.78 is 26.4. The first-order valence-corrected chi connectivity index (χ1v) is 8.08. The third kappa shape index (κ3) is 3.59. The van der Waals surface area contributed by atoms with Gasteiger partial charge < -0.3 is 9.80 Å². The van der Waals surface area contributed by atoms with Crippen molar-refractivity contribution in [3.8, 4) is 0 Å². The third-order valence-corrected chi connectivity index (χ3v) is 4.62. The lowest BCUT2D eigenvalue weighted by Crippen LogP contribution is -2.45. The van der Waals surface area contributed by atoms with Crippen molar-refractivity contribution in [2.24, 2.45) is 5.92 Å². The number of rotatable bonds is 2. The summed E-state index contributed by atoms with van der Waals surface area (Å²) in [6.45, 7) is 5.45. The van der Waals surface area contributed by atoms with Crippen molar-refractivity contribution in [1.82, 2.24) is 14.9 Å². The number of halogens is 2. The normalized spacial score (nSPS) is 24.1. The van der Waals surface area contributed by atoms with Crippen LogP contribution < -0.4 is 4.90 Å². The van der Waals surface area contributed by atoms with E-state index in [4.69, 9.17) is 0 Å². The first-order valence-electron chi connectivity index (χ1n) is 8.08. The molecule has 0 bridgehead atoms. The van der Waals surface area contributed by atoms with Gasteiger partial charge in [-0.1, -0.05) is 0 Å². The fraction of sp³-hybridized carbons (Fsp3) is 0.688. The molecular formula is C16H22F2N4O. The minimum Gasteiger partial charge on any atom is -0.356 e. The molecule has 0 saturated carbocycles. The van der Waals surface area contributed by atoms with Crippen molar-refractivity contribution in [2.75, 3.05) is 31.1 Å². The lowest BCUT2D eigenvalue weighted by Gasteiger charge is -2.33. The number of carbonyl (C=O) groups excluding carboxylic acids is 1. The Morgan fingerprint density at radius 1 is 1.22 bits per heavy atom. The maximum atomic E-state index is 13.2. The Morgan fingerprint density at radius 2 is 1.91 bits per heavy atom. The molecule has 0 spiro atoms. The molecule has 2 saturated heterocycles. The third-order valence-electron chi connectivity index (χ3n) is 4.62. The van der Waals surface area contributed by atoms with Crippen LogP contribution in [-0.4, -0.2) is 52.9 Å². The summed E-state index contributed by atoms with van der Waals surface area (Å²) >= 11 is 0. The Labute approximate surface area is 134 Å². The summed E-state index contributed by atoms with van der Waals surface area (Å²) in [7, 11) is 0. The molecule has 3 heterocycles. The van der Waals surface area contributed by atoms with E-state index in [9.17, 15) is 13.6 Å². The van der Waals surface area contributed by atoms with E-state index in [-0.39, 0.29) is 37.8 Å². The molecule has 2 aliphatic rings. The van der Waals surface area contributed by atoms with Crippen LogP contribution in [0.5, 0.6) is 0 Å². The first kappa shape index (κ1) is 16.1. The zero-order valence-electron chi connectivity index (χ0n) is 13.6. The fourth-order valence-electron chi connectivity index (χ4n) is 3.34. The van der Waals surface area contributed by atoms with Crippen LogP contribution in [0.15, 0.2) is 6.07 Å². The van der Waals surface area contributed by atoms with Gasteiger partial charge >= 0.3 is 0 Å². The molecule has 1 unspecified atom stereocenters. The highest BCUT2D eigenvalue weighted by atomic mass is 19.3. The molecule has 1 amide bonds. The average molecular weight is 324 g/mol. The minimum atomic E-state index is -2.62. The number of amides is 1. The van der Waals surface area contributed by atoms with Gasteiger partial charge in [0.2, 0.25) is 5.91 Å². The second kappa shape index (κ2) is 6.02. The summed E-state index contributed by atoms with van der Waals surface area (Å²) in [6.07, 6.45) is 0.298. The highest BCUT2D eigenvalue weighted by Crippen LogP contribution is 2.30. The smallest absolute Gasteiger partial charge is 0.251 e. The number of aryl methyl sites for hydroxylation is 2. The fourth-order valence-corrected chi connectivity index (χ4v) is 3.34. The van der Waals surface area contributed by atoms with Crippen molar-refractivity contribution in [2.45, 2.75) is 39.0 Å². The summed E-state index contributed by atoms with van der Waals surface area (Å²) in [4.78, 5) is 24.9. The molecule has 0 N–H and O–H groups in total. The molecule has 1 atom stereocenters. The number of anilines is 1. The molecule has 3 rings (SSSR count). The van der Waals surface area contributed by atoms with Gasteiger partial charge in [-0.2, -0.15) is 0 Å². The number of nitrogens with zero attached hydrogens (tertiary/aromatic N) is 4. The molecule has 5 nitrogen and oxygen atoms in total. The topological polar surface area (TPSA) is 49.3 Å². The van der Waals surface area contributed by atoms with Crippen LogP contribution in [0.1, 0.15) is 30.8 Å². The monoisotopic (exact) mass is 324 g/mol. The Bertz CT molecular complexity index is 577. The standard InChI is InChI=1S/C16H22F2N4O/c1-11-9-14(20-12(2)19-11)22-6-3-13(10-22)15(23)21-7-4-16(17,18)5-8-21/h9,13H,3-8,10H2,1-2H3. The van der Waals surface area contributed by atoms with Crippen LogP contribution in [0.4, 0.5) is 14.6 Å². The first-order chi connectivity index (χ1) is 10.8. The van der Waals surface area contributed by atoms with Crippen LogP contribution in [0.25, 0.3) is 0 Å². The number of piperidine rings is 1. The number of alkyl halides is 2. The molecule has 2 fully saturated rings. The van der Waals surface area contributed by atoms with E-state index in [0.717, 1.165) is 24.5 Å². The number of aromatic nitrogens is 2. The van der Waals surface area contributed by atoms with E-state index >= 15 is 0 Å². The minimum absolute atomic E-state index is 0.00509. The molecule has 2 aliphatic heterocycles. The summed E-state index contributed by atoms with van der Waals surface area (Å²) in [5.41, 5.74) is 0.903. The number of carbonyl (C=O) groups is 1. The highest BCUT2D eigenvalue weighted by Gasteiger charge is 2.39. The van der Waals surface area contributed by atoms with Gasteiger partial charge in [-0.3, -0.25) is 4.79 Å². The van der Waals surface area contributed by atoms with Crippen LogP contribution in [0.2, 0.25) is 0 Å². The molecule has 23 heavy (non-hydrogen) atoms. The molecule has 1 aromatic heterocycles. The Hall–Kier alpha value is -1.79. The zero-order chi connectivity index (χ0) is 16.6. The summed E-state index contributed by atoms with van der Waals surface area (Å²) in [6, 6.07) is 1.92. The van der Waals surface area contributed by atoms with Gasteiger partial charge in [-0.05, 0) is 20.3 Å². The molecule has 0 aromatic carbocycles. The molecule has 7 heteroatoms. The Morgan fingerprint density at radius 3 is 2.57 bits per heavy atom. The largest absolute Gasteiger partial charge is 0.356 e. The van der Waals surface area contributed by atoms with E-state index in [1.54, 1.807) is 4.90 Å². The van der Waals surface area contributed by atoms with Gasteiger partial charge in [0, 0.05) is 50.8 Å². The van der Waals surface area contributed by atoms with Crippen molar-refractivity contribution in [3.05, 3.63) is 17.6 Å². The molecule has 0 radical (unpaired) electrons. The molecule has 1 aromatic rings. The Kier molecular flexibility index (Phi) is 4.21. The van der Waals surface area contributed by atoms with Crippen molar-refractivity contribution >= 4 is 11.7 Å². The maximum Gasteiger partial charge on any atom is 0.251 e. The van der Waals surface area contributed by atoms with Crippen molar-refractivity contribution in [3.63, 3.8) is 0 Å². The van der Waals surface area contributed by atoms with Gasteiger partial charge in [0.25, 0.3) is 5.92 Å². The number of likely N-dealkylation sites (tertiary alicyclic amines) is 1. The van der Waals surface area contributed by atoms with Gasteiger partial charge in [0.15, 0.2) is 0 Å². The van der Waals surface area contributed by atoms with Gasteiger partial charge in [0.1, 0.15) is 11.6 Å².